The van der Waals surface area contributed by atoms with Crippen molar-refractivity contribution in [2.45, 2.75) is 32.7 Å². The van der Waals surface area contributed by atoms with Crippen molar-refractivity contribution in [1.82, 2.24) is 14.5 Å². The number of imidazole rings is 1. The average Bonchev–Trinajstić information content (AvgIpc) is 3.35. The molecule has 8 heteroatoms. The lowest BCUT2D eigenvalue weighted by atomic mass is 9.97. The predicted molar refractivity (Wildman–Crippen MR) is 142 cm³/mol. The van der Waals surface area contributed by atoms with E-state index in [2.05, 4.69) is 9.88 Å². The molecule has 3 heterocycles. The summed E-state index contributed by atoms with van der Waals surface area (Å²) in [6, 6.07) is 10.8. The Bertz CT molecular complexity index is 1310. The molecule has 37 heavy (non-hydrogen) atoms. The fourth-order valence-corrected chi connectivity index (χ4v) is 5.13. The summed E-state index contributed by atoms with van der Waals surface area (Å²) in [5, 5.41) is 0. The molecule has 2 saturated heterocycles. The average molecular weight is 505 g/mol. The molecular formula is C29H33FN4O3. The van der Waals surface area contributed by atoms with Gasteiger partial charge < -0.3 is 23.8 Å². The van der Waals surface area contributed by atoms with E-state index in [1.165, 1.54) is 0 Å². The molecule has 2 fully saturated rings. The van der Waals surface area contributed by atoms with Crippen molar-refractivity contribution in [1.29, 1.82) is 0 Å². The number of ether oxygens (including phenoxy) is 2. The number of carbonyl (C=O) groups is 1. The highest BCUT2D eigenvalue weighted by molar-refractivity contribution is 5.98. The number of carbonyl (C=O) groups excluding carboxylic acids is 1. The number of methoxy groups -OCH3 is 1. The number of halogens is 1. The number of aryl methyl sites for hydroxylation is 1. The van der Waals surface area contributed by atoms with Crippen LogP contribution in [0.25, 0.3) is 11.8 Å². The van der Waals surface area contributed by atoms with E-state index in [0.29, 0.717) is 37.5 Å². The summed E-state index contributed by atoms with van der Waals surface area (Å²) < 4.78 is 28.2. The summed E-state index contributed by atoms with van der Waals surface area (Å²) in [4.78, 5) is 21.7. The first-order valence-electron chi connectivity index (χ1n) is 12.8. The molecule has 0 bridgehead atoms. The molecule has 0 N–H and O–H groups in total. The molecule has 1 amide bonds. The van der Waals surface area contributed by atoms with E-state index in [9.17, 15) is 4.79 Å². The van der Waals surface area contributed by atoms with Gasteiger partial charge in [-0.1, -0.05) is 12.1 Å². The molecule has 1 unspecified atom stereocenters. The van der Waals surface area contributed by atoms with Gasteiger partial charge in [-0.25, -0.2) is 9.37 Å². The summed E-state index contributed by atoms with van der Waals surface area (Å²) in [5.41, 5.74) is 4.79. The first-order chi connectivity index (χ1) is 17.9. The van der Waals surface area contributed by atoms with Crippen LogP contribution in [0.1, 0.15) is 42.6 Å². The highest BCUT2D eigenvalue weighted by Gasteiger charge is 2.29. The third kappa shape index (κ3) is 5.25. The minimum Gasteiger partial charge on any atom is -0.495 e. The minimum atomic E-state index is -0.365. The molecule has 2 aliphatic rings. The molecular weight excluding hydrogens is 471 g/mol. The number of benzene rings is 2. The molecule has 0 aliphatic carbocycles. The fraction of sp³-hybridized carbons (Fsp3) is 0.379. The molecule has 0 saturated carbocycles. The van der Waals surface area contributed by atoms with Crippen LogP contribution in [-0.2, 0) is 9.53 Å². The summed E-state index contributed by atoms with van der Waals surface area (Å²) in [6.07, 6.45) is 7.13. The molecule has 0 radical (unpaired) electrons. The monoisotopic (exact) mass is 504 g/mol. The van der Waals surface area contributed by atoms with Gasteiger partial charge in [0.05, 0.1) is 44.1 Å². The zero-order valence-electron chi connectivity index (χ0n) is 21.6. The van der Waals surface area contributed by atoms with Gasteiger partial charge in [0.2, 0.25) is 5.91 Å². The van der Waals surface area contributed by atoms with Crippen LogP contribution >= 0.6 is 0 Å². The van der Waals surface area contributed by atoms with E-state index in [-0.39, 0.29) is 17.8 Å². The number of anilines is 1. The molecule has 5 rings (SSSR count). The third-order valence-electron chi connectivity index (χ3n) is 7.19. The highest BCUT2D eigenvalue weighted by Crippen LogP contribution is 2.32. The van der Waals surface area contributed by atoms with Crippen molar-refractivity contribution in [2.75, 3.05) is 44.9 Å². The molecule has 1 atom stereocenters. The lowest BCUT2D eigenvalue weighted by Gasteiger charge is -2.35. The number of likely N-dealkylation sites (tertiary alicyclic amines) is 1. The number of rotatable bonds is 6. The van der Waals surface area contributed by atoms with Crippen molar-refractivity contribution < 1.29 is 18.7 Å². The number of hydrogen-bond acceptors (Lipinski definition) is 5. The van der Waals surface area contributed by atoms with Crippen molar-refractivity contribution in [3.05, 3.63) is 77.1 Å². The quantitative estimate of drug-likeness (QED) is 0.446. The predicted octanol–water partition coefficient (Wildman–Crippen LogP) is 4.93. The number of morpholine rings is 1. The largest absolute Gasteiger partial charge is 0.495 e. The van der Waals surface area contributed by atoms with Gasteiger partial charge in [-0.05, 0) is 62.6 Å². The lowest BCUT2D eigenvalue weighted by Crippen LogP contribution is -2.39. The number of aromatic nitrogens is 2. The van der Waals surface area contributed by atoms with Crippen LogP contribution in [0.2, 0.25) is 0 Å². The second-order valence-electron chi connectivity index (χ2n) is 9.61. The Balaban J connectivity index is 1.35. The first kappa shape index (κ1) is 25.0. The van der Waals surface area contributed by atoms with Crippen LogP contribution in [-0.4, -0.2) is 60.3 Å². The Labute approximate surface area is 217 Å². The second-order valence-corrected chi connectivity index (χ2v) is 9.61. The van der Waals surface area contributed by atoms with Crippen LogP contribution in [0.15, 0.2) is 54.5 Å². The third-order valence-corrected chi connectivity index (χ3v) is 7.19. The van der Waals surface area contributed by atoms with Gasteiger partial charge >= 0.3 is 0 Å². The van der Waals surface area contributed by atoms with E-state index in [1.807, 2.05) is 61.0 Å². The Kier molecular flexibility index (Phi) is 7.28. The van der Waals surface area contributed by atoms with Gasteiger partial charge in [0, 0.05) is 42.7 Å². The first-order valence-corrected chi connectivity index (χ1v) is 12.8. The van der Waals surface area contributed by atoms with Crippen molar-refractivity contribution in [3.63, 3.8) is 0 Å². The van der Waals surface area contributed by atoms with E-state index in [0.717, 1.165) is 47.7 Å². The summed E-state index contributed by atoms with van der Waals surface area (Å²) >= 11 is 0. The van der Waals surface area contributed by atoms with Crippen molar-refractivity contribution in [2.24, 2.45) is 0 Å². The van der Waals surface area contributed by atoms with Crippen LogP contribution in [0.5, 0.6) is 5.75 Å². The molecule has 2 aliphatic heterocycles. The molecule has 2 aromatic carbocycles. The van der Waals surface area contributed by atoms with Gasteiger partial charge in [0.15, 0.2) is 0 Å². The standard InChI is InChI=1S/C29H33FN4O3/c1-20-18-33(19-31-20)27-9-6-22(16-28(27)36-3)15-23-5-4-10-34(29(23)35)21(2)25-8-7-24(17-26(25)30)32-11-13-37-14-12-32/h6-9,15-19,21H,4-5,10-14H2,1-3H3. The fourth-order valence-electron chi connectivity index (χ4n) is 5.13. The molecule has 194 valence electrons. The minimum absolute atomic E-state index is 0.0521. The SMILES string of the molecule is COc1cc(C=C2CCCN(C(C)c3ccc(N4CCOCC4)cc3F)C2=O)ccc1-n1cnc(C)c1. The maximum absolute atomic E-state index is 15.2. The number of amides is 1. The Morgan fingerprint density at radius 1 is 1.14 bits per heavy atom. The van der Waals surface area contributed by atoms with Crippen LogP contribution in [0.3, 0.4) is 0 Å². The van der Waals surface area contributed by atoms with Gasteiger partial charge in [-0.3, -0.25) is 4.79 Å². The van der Waals surface area contributed by atoms with Crippen LogP contribution < -0.4 is 9.64 Å². The second kappa shape index (κ2) is 10.8. The van der Waals surface area contributed by atoms with Crippen LogP contribution in [0.4, 0.5) is 10.1 Å². The number of hydrogen-bond donors (Lipinski definition) is 0. The van der Waals surface area contributed by atoms with Gasteiger partial charge in [-0.2, -0.15) is 0 Å². The van der Waals surface area contributed by atoms with E-state index >= 15 is 4.39 Å². The maximum atomic E-state index is 15.2. The van der Waals surface area contributed by atoms with E-state index in [1.54, 1.807) is 24.4 Å². The lowest BCUT2D eigenvalue weighted by molar-refractivity contribution is -0.130. The Hall–Kier alpha value is -3.65. The molecule has 0 spiro atoms. The Morgan fingerprint density at radius 2 is 1.95 bits per heavy atom. The van der Waals surface area contributed by atoms with Crippen molar-refractivity contribution in [3.8, 4) is 11.4 Å². The number of nitrogens with zero attached hydrogens (tertiary/aromatic N) is 4. The zero-order valence-corrected chi connectivity index (χ0v) is 21.6. The van der Waals surface area contributed by atoms with Gasteiger partial charge in [0.25, 0.3) is 0 Å². The summed E-state index contributed by atoms with van der Waals surface area (Å²) in [7, 11) is 1.63. The zero-order chi connectivity index (χ0) is 25.9. The highest BCUT2D eigenvalue weighted by atomic mass is 19.1. The topological polar surface area (TPSA) is 59.8 Å². The summed E-state index contributed by atoms with van der Waals surface area (Å²) in [6.45, 7) is 7.24. The van der Waals surface area contributed by atoms with Crippen LogP contribution in [0, 0.1) is 12.7 Å². The van der Waals surface area contributed by atoms with E-state index in [4.69, 9.17) is 9.47 Å². The smallest absolute Gasteiger partial charge is 0.250 e. The van der Waals surface area contributed by atoms with Crippen molar-refractivity contribution >= 4 is 17.7 Å². The normalized spacial score (nSPS) is 18.4. The van der Waals surface area contributed by atoms with E-state index < -0.39 is 0 Å². The molecule has 3 aromatic rings. The maximum Gasteiger partial charge on any atom is 0.250 e. The number of piperidine rings is 1. The summed E-state index contributed by atoms with van der Waals surface area (Å²) in [5.74, 6) is 0.363. The molecule has 7 nitrogen and oxygen atoms in total. The van der Waals surface area contributed by atoms with Gasteiger partial charge in [-0.15, -0.1) is 0 Å². The molecule has 1 aromatic heterocycles. The Morgan fingerprint density at radius 3 is 2.65 bits per heavy atom. The van der Waals surface area contributed by atoms with Gasteiger partial charge in [0.1, 0.15) is 11.6 Å².